The monoisotopic (exact) mass is 389 g/mol. The molecule has 1 amide bonds. The lowest BCUT2D eigenvalue weighted by molar-refractivity contribution is 0.0963. The number of carbonyl (C=O) groups is 1. The summed E-state index contributed by atoms with van der Waals surface area (Å²) < 4.78 is 1.97. The van der Waals surface area contributed by atoms with Crippen molar-refractivity contribution >= 4 is 34.8 Å². The average Bonchev–Trinajstić information content (AvgIpc) is 3.12. The molecular weight excluding hydrogens is 370 g/mol. The Morgan fingerprint density at radius 2 is 1.82 bits per heavy atom. The van der Waals surface area contributed by atoms with Crippen LogP contribution in [0.15, 0.2) is 72.0 Å². The van der Waals surface area contributed by atoms with Crippen LogP contribution in [-0.4, -0.2) is 33.6 Å². The van der Waals surface area contributed by atoms with E-state index in [9.17, 15) is 4.79 Å². The Bertz CT molecular complexity index is 1120. The van der Waals surface area contributed by atoms with Crippen LogP contribution < -0.4 is 10.6 Å². The Balaban J connectivity index is 1.75. The van der Waals surface area contributed by atoms with Crippen LogP contribution in [0.25, 0.3) is 16.9 Å². The summed E-state index contributed by atoms with van der Waals surface area (Å²) in [6.07, 6.45) is 7.40. The zero-order chi connectivity index (χ0) is 19.5. The summed E-state index contributed by atoms with van der Waals surface area (Å²) in [4.78, 5) is 21.9. The molecule has 140 valence electrons. The Labute approximate surface area is 167 Å². The van der Waals surface area contributed by atoms with E-state index in [4.69, 9.17) is 4.98 Å². The van der Waals surface area contributed by atoms with Gasteiger partial charge in [0.1, 0.15) is 11.5 Å². The molecule has 0 aliphatic heterocycles. The van der Waals surface area contributed by atoms with Crippen molar-refractivity contribution in [2.75, 3.05) is 18.6 Å². The fraction of sp³-hybridized carbons (Fsp3) is 0.0952. The number of nitrogens with one attached hydrogen (secondary N) is 2. The second-order valence-electron chi connectivity index (χ2n) is 6.12. The molecule has 0 radical (unpaired) electrons. The molecule has 0 saturated carbocycles. The molecule has 0 unspecified atom stereocenters. The average molecular weight is 389 g/mol. The summed E-state index contributed by atoms with van der Waals surface area (Å²) in [5, 5.41) is 6.07. The van der Waals surface area contributed by atoms with Gasteiger partial charge in [0.15, 0.2) is 5.65 Å². The number of anilines is 2. The second kappa shape index (κ2) is 7.74. The van der Waals surface area contributed by atoms with Gasteiger partial charge in [0.25, 0.3) is 5.91 Å². The van der Waals surface area contributed by atoms with E-state index in [1.807, 2.05) is 22.7 Å². The van der Waals surface area contributed by atoms with Crippen molar-refractivity contribution < 1.29 is 4.79 Å². The highest BCUT2D eigenvalue weighted by Crippen LogP contribution is 2.32. The summed E-state index contributed by atoms with van der Waals surface area (Å²) in [5.41, 5.74) is 4.11. The molecule has 0 bridgehead atoms. The van der Waals surface area contributed by atoms with Crippen LogP contribution in [0, 0.1) is 0 Å². The van der Waals surface area contributed by atoms with E-state index in [0.717, 1.165) is 28.4 Å². The zero-order valence-corrected chi connectivity index (χ0v) is 16.3. The molecular formula is C21H19N5OS. The second-order valence-corrected chi connectivity index (χ2v) is 7.00. The van der Waals surface area contributed by atoms with E-state index in [1.165, 1.54) is 4.90 Å². The van der Waals surface area contributed by atoms with Gasteiger partial charge in [-0.15, -0.1) is 11.8 Å². The Hall–Kier alpha value is -3.32. The van der Waals surface area contributed by atoms with Crippen LogP contribution >= 0.6 is 11.8 Å². The molecule has 0 atom stereocenters. The highest BCUT2D eigenvalue weighted by atomic mass is 32.2. The van der Waals surface area contributed by atoms with Crippen molar-refractivity contribution in [2.24, 2.45) is 0 Å². The standard InChI is InChI=1S/C21H19N5OS/c1-22-21(27)15-3-7-16(8-4-15)24-20-19(14-5-9-17(28-2)10-6-14)25-18-13-23-11-12-26(18)20/h3-13,24H,1-2H3,(H,22,27). The predicted octanol–water partition coefficient (Wildman–Crippen LogP) is 4.22. The highest BCUT2D eigenvalue weighted by Gasteiger charge is 2.15. The molecule has 2 aromatic heterocycles. The van der Waals surface area contributed by atoms with Crippen molar-refractivity contribution in [3.8, 4) is 11.3 Å². The number of benzene rings is 2. The van der Waals surface area contributed by atoms with Crippen molar-refractivity contribution in [3.63, 3.8) is 0 Å². The summed E-state index contributed by atoms with van der Waals surface area (Å²) in [6.45, 7) is 0. The van der Waals surface area contributed by atoms with Crippen molar-refractivity contribution in [2.45, 2.75) is 4.90 Å². The first-order chi connectivity index (χ1) is 13.7. The molecule has 28 heavy (non-hydrogen) atoms. The van der Waals surface area contributed by atoms with E-state index in [1.54, 1.807) is 43.3 Å². The van der Waals surface area contributed by atoms with Gasteiger partial charge in [0.05, 0.1) is 6.20 Å². The van der Waals surface area contributed by atoms with Crippen molar-refractivity contribution in [3.05, 3.63) is 72.7 Å². The van der Waals surface area contributed by atoms with Gasteiger partial charge < -0.3 is 10.6 Å². The summed E-state index contributed by atoms with van der Waals surface area (Å²) >= 11 is 1.71. The third kappa shape index (κ3) is 3.44. The third-order valence-electron chi connectivity index (χ3n) is 4.43. The molecule has 0 aliphatic carbocycles. The topological polar surface area (TPSA) is 71.3 Å². The number of hydrogen-bond donors (Lipinski definition) is 2. The predicted molar refractivity (Wildman–Crippen MR) is 113 cm³/mol. The number of imidazole rings is 1. The van der Waals surface area contributed by atoms with Crippen LogP contribution in [0.1, 0.15) is 10.4 Å². The van der Waals surface area contributed by atoms with E-state index < -0.39 is 0 Å². The van der Waals surface area contributed by atoms with Crippen LogP contribution in [0.4, 0.5) is 11.5 Å². The van der Waals surface area contributed by atoms with Crippen LogP contribution in [-0.2, 0) is 0 Å². The van der Waals surface area contributed by atoms with Crippen molar-refractivity contribution in [1.82, 2.24) is 19.7 Å². The molecule has 6 nitrogen and oxygen atoms in total. The van der Waals surface area contributed by atoms with Crippen LogP contribution in [0.5, 0.6) is 0 Å². The number of aromatic nitrogens is 3. The number of hydrogen-bond acceptors (Lipinski definition) is 5. The van der Waals surface area contributed by atoms with Gasteiger partial charge in [-0.2, -0.15) is 0 Å². The Kier molecular flexibility index (Phi) is 4.99. The molecule has 0 spiro atoms. The summed E-state index contributed by atoms with van der Waals surface area (Å²) in [5.74, 6) is 0.740. The summed E-state index contributed by atoms with van der Waals surface area (Å²) in [6, 6.07) is 15.7. The third-order valence-corrected chi connectivity index (χ3v) is 5.17. The molecule has 0 fully saturated rings. The van der Waals surface area contributed by atoms with Crippen LogP contribution in [0.3, 0.4) is 0 Å². The quantitative estimate of drug-likeness (QED) is 0.500. The van der Waals surface area contributed by atoms with Crippen LogP contribution in [0.2, 0.25) is 0 Å². The molecule has 2 aromatic carbocycles. The first kappa shape index (κ1) is 18.1. The maximum atomic E-state index is 11.8. The lowest BCUT2D eigenvalue weighted by Crippen LogP contribution is -2.17. The molecule has 0 saturated heterocycles. The number of fused-ring (bicyclic) bond motifs is 1. The number of carbonyl (C=O) groups excluding carboxylic acids is 1. The van der Waals surface area contributed by atoms with Crippen molar-refractivity contribution in [1.29, 1.82) is 0 Å². The van der Waals surface area contributed by atoms with E-state index in [0.29, 0.717) is 5.56 Å². The fourth-order valence-corrected chi connectivity index (χ4v) is 3.37. The molecule has 4 rings (SSSR count). The minimum atomic E-state index is -0.109. The largest absolute Gasteiger partial charge is 0.355 e. The van der Waals surface area contributed by atoms with Gasteiger partial charge in [-0.1, -0.05) is 12.1 Å². The fourth-order valence-electron chi connectivity index (χ4n) is 2.96. The number of rotatable bonds is 5. The van der Waals surface area contributed by atoms with E-state index in [-0.39, 0.29) is 5.91 Å². The SMILES string of the molecule is CNC(=O)c1ccc(Nc2c(-c3ccc(SC)cc3)nc3cnccn23)cc1. The minimum Gasteiger partial charge on any atom is -0.355 e. The van der Waals surface area contributed by atoms with Gasteiger partial charge >= 0.3 is 0 Å². The molecule has 4 aromatic rings. The maximum absolute atomic E-state index is 11.8. The van der Waals surface area contributed by atoms with Gasteiger partial charge in [0.2, 0.25) is 0 Å². The highest BCUT2D eigenvalue weighted by molar-refractivity contribution is 7.98. The first-order valence-electron chi connectivity index (χ1n) is 8.75. The normalized spacial score (nSPS) is 10.8. The lowest BCUT2D eigenvalue weighted by atomic mass is 10.1. The van der Waals surface area contributed by atoms with Gasteiger partial charge in [0, 0.05) is 41.2 Å². The minimum absolute atomic E-state index is 0.109. The van der Waals surface area contributed by atoms with Gasteiger partial charge in [-0.05, 0) is 42.7 Å². The smallest absolute Gasteiger partial charge is 0.251 e. The Morgan fingerprint density at radius 3 is 2.50 bits per heavy atom. The molecule has 2 N–H and O–H groups in total. The van der Waals surface area contributed by atoms with Gasteiger partial charge in [-0.3, -0.25) is 14.2 Å². The van der Waals surface area contributed by atoms with E-state index in [2.05, 4.69) is 46.1 Å². The first-order valence-corrected chi connectivity index (χ1v) is 9.98. The molecule has 2 heterocycles. The summed E-state index contributed by atoms with van der Waals surface area (Å²) in [7, 11) is 1.62. The number of thioether (sulfide) groups is 1. The zero-order valence-electron chi connectivity index (χ0n) is 15.5. The number of amides is 1. The van der Waals surface area contributed by atoms with E-state index >= 15 is 0 Å². The van der Waals surface area contributed by atoms with Gasteiger partial charge in [-0.25, -0.2) is 4.98 Å². The lowest BCUT2D eigenvalue weighted by Gasteiger charge is -2.10. The Morgan fingerprint density at radius 1 is 1.07 bits per heavy atom. The molecule has 7 heteroatoms. The number of nitrogens with zero attached hydrogens (tertiary/aromatic N) is 3. The molecule has 0 aliphatic rings. The maximum Gasteiger partial charge on any atom is 0.251 e.